The molecule has 0 unspecified atom stereocenters. The quantitative estimate of drug-likeness (QED) is 0.0496. The van der Waals surface area contributed by atoms with Gasteiger partial charge in [-0.25, -0.2) is 4.79 Å². The van der Waals surface area contributed by atoms with Gasteiger partial charge in [-0.05, 0) is 43.4 Å². The normalized spacial score (nSPS) is 14.8. The molecule has 0 aliphatic heterocycles. The largest absolute Gasteiger partial charge is 0.480 e. The van der Waals surface area contributed by atoms with Crippen molar-refractivity contribution in [3.63, 3.8) is 0 Å². The van der Waals surface area contributed by atoms with Crippen LogP contribution in [-0.2, 0) is 46.4 Å². The Hall–Kier alpha value is -5.43. The summed E-state index contributed by atoms with van der Waals surface area (Å²) < 4.78 is 0. The molecular weight excluding hydrogens is 728 g/mol. The molecular formula is C38H56N8O10. The SMILES string of the molecule is CC(C)[C@H](NC(=O)[C@@H](N)CCCCN)C(=O)N[C@@H](CO)C(=O)NCC(=O)N[C@@H](Cc1ccccc1)C(=O)N[C@H](C(=O)N[C@@H](Cc1ccccc1)C(=O)O)[C@@H](C)O. The van der Waals surface area contributed by atoms with Gasteiger partial charge in [0.25, 0.3) is 0 Å². The summed E-state index contributed by atoms with van der Waals surface area (Å²) in [6, 6.07) is 9.20. The lowest BCUT2D eigenvalue weighted by molar-refractivity contribution is -0.143. The van der Waals surface area contributed by atoms with Crippen LogP contribution in [0.5, 0.6) is 0 Å². The van der Waals surface area contributed by atoms with Crippen molar-refractivity contribution in [3.05, 3.63) is 71.8 Å². The van der Waals surface area contributed by atoms with Crippen LogP contribution in [0.3, 0.4) is 0 Å². The first-order chi connectivity index (χ1) is 26.6. The molecule has 18 heteroatoms. The molecule has 308 valence electrons. The average molecular weight is 785 g/mol. The van der Waals surface area contributed by atoms with E-state index < -0.39 is 103 Å². The summed E-state index contributed by atoms with van der Waals surface area (Å²) in [6.45, 7) is 3.45. The Balaban J connectivity index is 2.11. The molecule has 0 saturated carbocycles. The van der Waals surface area contributed by atoms with Crippen molar-refractivity contribution in [2.75, 3.05) is 19.7 Å². The van der Waals surface area contributed by atoms with Gasteiger partial charge in [-0.15, -0.1) is 0 Å². The van der Waals surface area contributed by atoms with Gasteiger partial charge in [0.2, 0.25) is 35.4 Å². The summed E-state index contributed by atoms with van der Waals surface area (Å²) in [5.74, 6) is -6.78. The maximum Gasteiger partial charge on any atom is 0.326 e. The molecule has 0 aliphatic carbocycles. The fraction of sp³-hybridized carbons (Fsp3) is 0.500. The number of carboxylic acid groups (broad SMARTS) is 1. The van der Waals surface area contributed by atoms with E-state index in [1.807, 2.05) is 0 Å². The molecule has 0 saturated heterocycles. The number of unbranched alkanes of at least 4 members (excludes halogenated alkanes) is 1. The third-order valence-corrected chi connectivity index (χ3v) is 8.69. The lowest BCUT2D eigenvalue weighted by atomic mass is 10.0. The zero-order valence-electron chi connectivity index (χ0n) is 31.9. The van der Waals surface area contributed by atoms with Crippen LogP contribution in [0.1, 0.15) is 51.2 Å². The highest BCUT2D eigenvalue weighted by Crippen LogP contribution is 2.08. The maximum absolute atomic E-state index is 13.6. The number of carbonyl (C=O) groups excluding carboxylic acids is 6. The number of aliphatic hydroxyl groups is 2. The van der Waals surface area contributed by atoms with Gasteiger partial charge in [0, 0.05) is 12.8 Å². The highest BCUT2D eigenvalue weighted by molar-refractivity contribution is 5.96. The first-order valence-electron chi connectivity index (χ1n) is 18.4. The second-order valence-corrected chi connectivity index (χ2v) is 13.7. The predicted octanol–water partition coefficient (Wildman–Crippen LogP) is -2.42. The summed E-state index contributed by atoms with van der Waals surface area (Å²) in [6.07, 6.45) is 0.0137. The fourth-order valence-electron chi connectivity index (χ4n) is 5.46. The number of benzene rings is 2. The van der Waals surface area contributed by atoms with Gasteiger partial charge >= 0.3 is 5.97 Å². The maximum atomic E-state index is 13.6. The molecule has 18 nitrogen and oxygen atoms in total. The van der Waals surface area contributed by atoms with Gasteiger partial charge < -0.3 is 58.7 Å². The van der Waals surface area contributed by atoms with Crippen molar-refractivity contribution in [2.24, 2.45) is 17.4 Å². The van der Waals surface area contributed by atoms with Crippen LogP contribution in [0.4, 0.5) is 0 Å². The number of carbonyl (C=O) groups is 7. The second-order valence-electron chi connectivity index (χ2n) is 13.7. The zero-order valence-corrected chi connectivity index (χ0v) is 31.9. The van der Waals surface area contributed by atoms with Gasteiger partial charge in [-0.2, -0.15) is 0 Å². The van der Waals surface area contributed by atoms with E-state index in [1.165, 1.54) is 6.92 Å². The molecule has 2 rings (SSSR count). The summed E-state index contributed by atoms with van der Waals surface area (Å²) in [7, 11) is 0. The van der Waals surface area contributed by atoms with Gasteiger partial charge in [-0.1, -0.05) is 80.9 Å². The summed E-state index contributed by atoms with van der Waals surface area (Å²) >= 11 is 0. The first-order valence-corrected chi connectivity index (χ1v) is 18.4. The molecule has 2 aromatic carbocycles. The number of amides is 6. The molecule has 56 heavy (non-hydrogen) atoms. The van der Waals surface area contributed by atoms with Crippen LogP contribution in [0.15, 0.2) is 60.7 Å². The number of hydrogen-bond acceptors (Lipinski definition) is 11. The Labute approximate surface area is 325 Å². The molecule has 2 aromatic rings. The van der Waals surface area contributed by atoms with E-state index >= 15 is 0 Å². The number of hydrogen-bond donors (Lipinski definition) is 11. The standard InChI is InChI=1S/C38H56N8O10/c1-22(2)31(45-33(50)26(40)16-10-11-17-39)36(53)44-29(21-47)34(51)41-20-30(49)42-27(18-24-12-6-4-7-13-24)35(52)46-32(23(3)48)37(54)43-28(38(55)56)19-25-14-8-5-9-15-25/h4-9,12-15,22-23,26-29,31-32,47-48H,10-11,16-21,39-40H2,1-3H3,(H,41,51)(H,42,49)(H,43,54)(H,44,53)(H,45,50)(H,46,52)(H,55,56)/t23-,26+,27+,28+,29+,31+,32+/m1/s1. The monoisotopic (exact) mass is 784 g/mol. The van der Waals surface area contributed by atoms with Crippen LogP contribution in [0, 0.1) is 5.92 Å². The smallest absolute Gasteiger partial charge is 0.326 e. The lowest BCUT2D eigenvalue weighted by Gasteiger charge is -2.26. The van der Waals surface area contributed by atoms with Crippen LogP contribution in [0.2, 0.25) is 0 Å². The first kappa shape index (κ1) is 46.7. The number of aliphatic carboxylic acids is 1. The van der Waals surface area contributed by atoms with Crippen LogP contribution in [-0.4, -0.2) is 119 Å². The minimum absolute atomic E-state index is 0.0683. The van der Waals surface area contributed by atoms with Gasteiger partial charge in [0.15, 0.2) is 0 Å². The predicted molar refractivity (Wildman–Crippen MR) is 205 cm³/mol. The fourth-order valence-corrected chi connectivity index (χ4v) is 5.46. The zero-order chi connectivity index (χ0) is 41.8. The minimum atomic E-state index is -1.62. The molecule has 0 radical (unpaired) electrons. The Morgan fingerprint density at radius 3 is 1.66 bits per heavy atom. The van der Waals surface area contributed by atoms with Crippen molar-refractivity contribution in [1.29, 1.82) is 0 Å². The minimum Gasteiger partial charge on any atom is -0.480 e. The molecule has 7 atom stereocenters. The number of nitrogens with two attached hydrogens (primary N) is 2. The van der Waals surface area contributed by atoms with Crippen molar-refractivity contribution >= 4 is 41.4 Å². The summed E-state index contributed by atoms with van der Waals surface area (Å²) in [5, 5.41) is 44.6. The topological polar surface area (TPSA) is 304 Å². The number of nitrogens with one attached hydrogen (secondary N) is 6. The van der Waals surface area contributed by atoms with Gasteiger partial charge in [0.1, 0.15) is 30.2 Å². The molecule has 0 fully saturated rings. The van der Waals surface area contributed by atoms with Gasteiger partial charge in [-0.3, -0.25) is 28.8 Å². The Morgan fingerprint density at radius 2 is 1.16 bits per heavy atom. The Bertz CT molecular complexity index is 1600. The van der Waals surface area contributed by atoms with Crippen LogP contribution < -0.4 is 43.4 Å². The van der Waals surface area contributed by atoms with E-state index in [-0.39, 0.29) is 12.8 Å². The second kappa shape index (κ2) is 24.2. The molecule has 6 amide bonds. The van der Waals surface area contributed by atoms with E-state index in [2.05, 4.69) is 31.9 Å². The van der Waals surface area contributed by atoms with E-state index in [4.69, 9.17) is 11.5 Å². The van der Waals surface area contributed by atoms with Crippen LogP contribution in [0.25, 0.3) is 0 Å². The number of rotatable bonds is 24. The molecule has 0 aromatic heterocycles. The highest BCUT2D eigenvalue weighted by atomic mass is 16.4. The summed E-state index contributed by atoms with van der Waals surface area (Å²) in [5.41, 5.74) is 12.7. The third-order valence-electron chi connectivity index (χ3n) is 8.69. The lowest BCUT2D eigenvalue weighted by Crippen LogP contribution is -2.60. The van der Waals surface area contributed by atoms with Crippen molar-refractivity contribution in [1.82, 2.24) is 31.9 Å². The van der Waals surface area contributed by atoms with Crippen molar-refractivity contribution < 1.29 is 48.9 Å². The van der Waals surface area contributed by atoms with Crippen molar-refractivity contribution in [3.8, 4) is 0 Å². The molecule has 0 aliphatic rings. The van der Waals surface area contributed by atoms with E-state index in [1.54, 1.807) is 74.5 Å². The van der Waals surface area contributed by atoms with Crippen LogP contribution >= 0.6 is 0 Å². The third kappa shape index (κ3) is 16.1. The molecule has 13 N–H and O–H groups in total. The molecule has 0 spiro atoms. The van der Waals surface area contributed by atoms with E-state index in [9.17, 15) is 48.9 Å². The summed E-state index contributed by atoms with van der Waals surface area (Å²) in [4.78, 5) is 90.6. The van der Waals surface area contributed by atoms with E-state index in [0.717, 1.165) is 0 Å². The Kier molecular flexibility index (Phi) is 20.2. The average Bonchev–Trinajstić information content (AvgIpc) is 3.16. The van der Waals surface area contributed by atoms with Crippen molar-refractivity contribution in [2.45, 2.75) is 95.2 Å². The number of carboxylic acids is 1. The molecule has 0 heterocycles. The van der Waals surface area contributed by atoms with Gasteiger partial charge in [0.05, 0.1) is 25.3 Å². The van der Waals surface area contributed by atoms with E-state index in [0.29, 0.717) is 36.9 Å². The molecule has 0 bridgehead atoms. The highest BCUT2D eigenvalue weighted by Gasteiger charge is 2.33. The Morgan fingerprint density at radius 1 is 0.643 bits per heavy atom. The number of aliphatic hydroxyl groups excluding tert-OH is 2.